The highest BCUT2D eigenvalue weighted by atomic mass is 79.9. The van der Waals surface area contributed by atoms with Crippen molar-refractivity contribution in [2.45, 2.75) is 45.9 Å². The van der Waals surface area contributed by atoms with Crippen LogP contribution in [0.15, 0.2) is 22.7 Å². The van der Waals surface area contributed by atoms with Gasteiger partial charge in [0, 0.05) is 29.2 Å². The van der Waals surface area contributed by atoms with Crippen LogP contribution < -0.4 is 15.4 Å². The van der Waals surface area contributed by atoms with E-state index in [2.05, 4.69) is 32.5 Å². The maximum Gasteiger partial charge on any atom is 0.407 e. The molecule has 0 aliphatic heterocycles. The minimum Gasteiger partial charge on any atom is -0.481 e. The Hall–Kier alpha value is -1.71. The lowest BCUT2D eigenvalue weighted by molar-refractivity contribution is 0.0523. The molecule has 0 aliphatic carbocycles. The lowest BCUT2D eigenvalue weighted by atomic mass is 10.2. The van der Waals surface area contributed by atoms with Crippen molar-refractivity contribution < 1.29 is 14.3 Å². The topological polar surface area (TPSA) is 59.6 Å². The van der Waals surface area contributed by atoms with Gasteiger partial charge in [0.05, 0.1) is 0 Å². The van der Waals surface area contributed by atoms with Crippen molar-refractivity contribution in [2.75, 3.05) is 13.2 Å². The van der Waals surface area contributed by atoms with Crippen LogP contribution in [0.4, 0.5) is 4.79 Å². The third-order valence-corrected chi connectivity index (χ3v) is 3.42. The van der Waals surface area contributed by atoms with Crippen molar-refractivity contribution in [1.82, 2.24) is 10.6 Å². The summed E-state index contributed by atoms with van der Waals surface area (Å²) in [4.78, 5) is 11.6. The van der Waals surface area contributed by atoms with Gasteiger partial charge in [-0.15, -0.1) is 6.42 Å². The standard InChI is InChI=1S/C18H25BrN2O3/c1-6-9-23-16-8-7-15(19)10-14(16)12-20-13(2)11-21-17(22)24-18(3,4)5/h1,7-8,10,13,20H,9,11-12H2,2-5H3,(H,21,22). The van der Waals surface area contributed by atoms with E-state index < -0.39 is 11.7 Å². The molecule has 0 radical (unpaired) electrons. The molecule has 132 valence electrons. The van der Waals surface area contributed by atoms with Crippen molar-refractivity contribution in [2.24, 2.45) is 0 Å². The number of carbonyl (C=O) groups excluding carboxylic acids is 1. The Labute approximate surface area is 152 Å². The largest absolute Gasteiger partial charge is 0.481 e. The number of alkyl carbamates (subject to hydrolysis) is 1. The first-order chi connectivity index (χ1) is 11.2. The van der Waals surface area contributed by atoms with Crippen LogP contribution in [0.3, 0.4) is 0 Å². The second-order valence-electron chi connectivity index (χ2n) is 6.41. The van der Waals surface area contributed by atoms with Gasteiger partial charge in [0.15, 0.2) is 0 Å². The first kappa shape index (κ1) is 20.3. The van der Waals surface area contributed by atoms with Crippen molar-refractivity contribution in [3.63, 3.8) is 0 Å². The summed E-state index contributed by atoms with van der Waals surface area (Å²) in [7, 11) is 0. The molecule has 1 amide bonds. The van der Waals surface area contributed by atoms with Crippen LogP contribution >= 0.6 is 15.9 Å². The first-order valence-electron chi connectivity index (χ1n) is 7.76. The number of ether oxygens (including phenoxy) is 2. The van der Waals surface area contributed by atoms with Gasteiger partial charge in [0.1, 0.15) is 18.0 Å². The number of halogens is 1. The van der Waals surface area contributed by atoms with Crippen molar-refractivity contribution in [3.8, 4) is 18.1 Å². The molecular weight excluding hydrogens is 372 g/mol. The van der Waals surface area contributed by atoms with Gasteiger partial charge in [0.25, 0.3) is 0 Å². The second-order valence-corrected chi connectivity index (χ2v) is 7.33. The van der Waals surface area contributed by atoms with E-state index in [-0.39, 0.29) is 12.6 Å². The molecule has 1 aromatic rings. The maximum absolute atomic E-state index is 11.6. The molecule has 5 nitrogen and oxygen atoms in total. The van der Waals surface area contributed by atoms with Gasteiger partial charge in [-0.3, -0.25) is 0 Å². The van der Waals surface area contributed by atoms with E-state index in [0.29, 0.717) is 13.1 Å². The summed E-state index contributed by atoms with van der Waals surface area (Å²) >= 11 is 3.45. The van der Waals surface area contributed by atoms with Gasteiger partial charge in [-0.2, -0.15) is 0 Å². The van der Waals surface area contributed by atoms with Gasteiger partial charge in [-0.1, -0.05) is 21.9 Å². The summed E-state index contributed by atoms with van der Waals surface area (Å²) in [6.45, 7) is 8.76. The van der Waals surface area contributed by atoms with Crippen molar-refractivity contribution >= 4 is 22.0 Å². The number of hydrogen-bond acceptors (Lipinski definition) is 4. The van der Waals surface area contributed by atoms with Crippen LogP contribution in [0.5, 0.6) is 5.75 Å². The summed E-state index contributed by atoms with van der Waals surface area (Å²) in [6, 6.07) is 5.83. The summed E-state index contributed by atoms with van der Waals surface area (Å²) in [6.07, 6.45) is 4.82. The predicted molar refractivity (Wildman–Crippen MR) is 99.0 cm³/mol. The van der Waals surface area contributed by atoms with Crippen molar-refractivity contribution in [1.29, 1.82) is 0 Å². The van der Waals surface area contributed by atoms with Crippen LogP contribution in [-0.4, -0.2) is 30.9 Å². The number of amides is 1. The molecule has 1 atom stereocenters. The smallest absolute Gasteiger partial charge is 0.407 e. The van der Waals surface area contributed by atoms with Gasteiger partial charge in [-0.25, -0.2) is 4.79 Å². The van der Waals surface area contributed by atoms with E-state index in [4.69, 9.17) is 15.9 Å². The quantitative estimate of drug-likeness (QED) is 0.692. The first-order valence-corrected chi connectivity index (χ1v) is 8.55. The van der Waals surface area contributed by atoms with E-state index in [1.54, 1.807) is 0 Å². The Morgan fingerprint density at radius 2 is 2.12 bits per heavy atom. The summed E-state index contributed by atoms with van der Waals surface area (Å²) in [5, 5.41) is 6.08. The Kier molecular flexibility index (Phi) is 8.09. The Balaban J connectivity index is 2.49. The average molecular weight is 397 g/mol. The molecule has 0 saturated heterocycles. The highest BCUT2D eigenvalue weighted by Crippen LogP contribution is 2.23. The average Bonchev–Trinajstić information content (AvgIpc) is 2.48. The zero-order valence-corrected chi connectivity index (χ0v) is 16.2. The number of nitrogens with one attached hydrogen (secondary N) is 2. The molecule has 0 spiro atoms. The Bertz CT molecular complexity index is 591. The SMILES string of the molecule is C#CCOc1ccc(Br)cc1CNC(C)CNC(=O)OC(C)(C)C. The molecule has 1 aromatic carbocycles. The van der Waals surface area contributed by atoms with Gasteiger partial charge < -0.3 is 20.1 Å². The molecular formula is C18H25BrN2O3. The van der Waals surface area contributed by atoms with Crippen LogP contribution in [0, 0.1) is 12.3 Å². The minimum atomic E-state index is -0.500. The van der Waals surface area contributed by atoms with E-state index in [0.717, 1.165) is 15.8 Å². The maximum atomic E-state index is 11.6. The highest BCUT2D eigenvalue weighted by molar-refractivity contribution is 9.10. The summed E-state index contributed by atoms with van der Waals surface area (Å²) in [5.74, 6) is 3.20. The third-order valence-electron chi connectivity index (χ3n) is 2.93. The molecule has 0 aliphatic rings. The van der Waals surface area contributed by atoms with Crippen LogP contribution in [0.1, 0.15) is 33.3 Å². The third kappa shape index (κ3) is 8.23. The lowest BCUT2D eigenvalue weighted by Gasteiger charge is -2.21. The number of benzene rings is 1. The molecule has 0 bridgehead atoms. The van der Waals surface area contributed by atoms with Crippen LogP contribution in [-0.2, 0) is 11.3 Å². The lowest BCUT2D eigenvalue weighted by Crippen LogP contribution is -2.41. The van der Waals surface area contributed by atoms with E-state index in [1.807, 2.05) is 45.9 Å². The monoisotopic (exact) mass is 396 g/mol. The van der Waals surface area contributed by atoms with E-state index >= 15 is 0 Å². The molecule has 6 heteroatoms. The van der Waals surface area contributed by atoms with Crippen molar-refractivity contribution in [3.05, 3.63) is 28.2 Å². The molecule has 1 rings (SSSR count). The molecule has 2 N–H and O–H groups in total. The fraction of sp³-hybridized carbons (Fsp3) is 0.500. The summed E-state index contributed by atoms with van der Waals surface area (Å²) in [5.41, 5.74) is 0.490. The highest BCUT2D eigenvalue weighted by Gasteiger charge is 2.16. The molecule has 0 fully saturated rings. The van der Waals surface area contributed by atoms with Gasteiger partial charge in [0.2, 0.25) is 0 Å². The minimum absolute atomic E-state index is 0.0667. The Morgan fingerprint density at radius 3 is 2.75 bits per heavy atom. The summed E-state index contributed by atoms with van der Waals surface area (Å²) < 4.78 is 11.7. The van der Waals surface area contributed by atoms with Crippen LogP contribution in [0.25, 0.3) is 0 Å². The number of hydrogen-bond donors (Lipinski definition) is 2. The number of carbonyl (C=O) groups is 1. The van der Waals surface area contributed by atoms with E-state index in [1.165, 1.54) is 0 Å². The molecule has 0 saturated carbocycles. The van der Waals surface area contributed by atoms with E-state index in [9.17, 15) is 4.79 Å². The normalized spacial score (nSPS) is 12.2. The predicted octanol–water partition coefficient (Wildman–Crippen LogP) is 3.46. The molecule has 0 heterocycles. The zero-order valence-electron chi connectivity index (χ0n) is 14.6. The number of terminal acetylenes is 1. The molecule has 1 unspecified atom stereocenters. The van der Waals surface area contributed by atoms with Gasteiger partial charge >= 0.3 is 6.09 Å². The fourth-order valence-electron chi connectivity index (χ4n) is 1.85. The molecule has 0 aromatic heterocycles. The zero-order chi connectivity index (χ0) is 18.2. The Morgan fingerprint density at radius 1 is 1.42 bits per heavy atom. The number of rotatable bonds is 7. The molecule has 24 heavy (non-hydrogen) atoms. The second kappa shape index (κ2) is 9.55. The van der Waals surface area contributed by atoms with Crippen LogP contribution in [0.2, 0.25) is 0 Å². The van der Waals surface area contributed by atoms with Gasteiger partial charge in [-0.05, 0) is 45.9 Å². The fourth-order valence-corrected chi connectivity index (χ4v) is 2.26.